The van der Waals surface area contributed by atoms with E-state index in [1.54, 1.807) is 18.2 Å². The predicted molar refractivity (Wildman–Crippen MR) is 71.6 cm³/mol. The molecule has 4 nitrogen and oxygen atoms in total. The summed E-state index contributed by atoms with van der Waals surface area (Å²) in [4.78, 5) is 10.9. The average molecular weight is 305 g/mol. The van der Waals surface area contributed by atoms with Crippen LogP contribution < -0.4 is 4.74 Å². The van der Waals surface area contributed by atoms with Crippen molar-refractivity contribution >= 4 is 29.2 Å². The highest BCUT2D eigenvalue weighted by Gasteiger charge is 2.39. The standard InChI is InChI=1S/C13H14Cl2O4/c1-9(16)17-8-13(5-2-6-18-13)19-12-4-3-10(14)7-11(12)15/h3-4,7H,2,5-6,8H2,1H3. The van der Waals surface area contributed by atoms with Crippen LogP contribution in [0, 0.1) is 0 Å². The lowest BCUT2D eigenvalue weighted by atomic mass is 10.2. The van der Waals surface area contributed by atoms with Gasteiger partial charge in [0.1, 0.15) is 5.75 Å². The molecule has 1 aliphatic heterocycles. The number of esters is 1. The Morgan fingerprint density at radius 3 is 2.84 bits per heavy atom. The topological polar surface area (TPSA) is 44.8 Å². The van der Waals surface area contributed by atoms with E-state index in [0.29, 0.717) is 28.8 Å². The molecule has 1 heterocycles. The van der Waals surface area contributed by atoms with Crippen molar-refractivity contribution in [2.24, 2.45) is 0 Å². The summed E-state index contributed by atoms with van der Waals surface area (Å²) in [6.45, 7) is 1.95. The van der Waals surface area contributed by atoms with E-state index in [0.717, 1.165) is 6.42 Å². The van der Waals surface area contributed by atoms with Gasteiger partial charge in [-0.05, 0) is 24.6 Å². The maximum Gasteiger partial charge on any atom is 0.302 e. The lowest BCUT2D eigenvalue weighted by Crippen LogP contribution is -2.41. The average Bonchev–Trinajstić information content (AvgIpc) is 2.80. The Morgan fingerprint density at radius 2 is 2.26 bits per heavy atom. The summed E-state index contributed by atoms with van der Waals surface area (Å²) in [5.41, 5.74) is 0. The van der Waals surface area contributed by atoms with Gasteiger partial charge in [-0.2, -0.15) is 0 Å². The van der Waals surface area contributed by atoms with Crippen LogP contribution in [0.25, 0.3) is 0 Å². The Hall–Kier alpha value is -0.970. The number of halogens is 2. The minimum atomic E-state index is -0.955. The van der Waals surface area contributed by atoms with E-state index in [4.69, 9.17) is 37.4 Å². The molecule has 1 aromatic rings. The van der Waals surface area contributed by atoms with Gasteiger partial charge in [0.05, 0.1) is 11.6 Å². The van der Waals surface area contributed by atoms with Crippen LogP contribution in [0.3, 0.4) is 0 Å². The van der Waals surface area contributed by atoms with Gasteiger partial charge in [-0.1, -0.05) is 23.2 Å². The minimum Gasteiger partial charge on any atom is -0.459 e. The summed E-state index contributed by atoms with van der Waals surface area (Å²) >= 11 is 11.9. The molecule has 0 saturated carbocycles. The van der Waals surface area contributed by atoms with Gasteiger partial charge in [0.15, 0.2) is 6.61 Å². The Labute approximate surface area is 121 Å². The lowest BCUT2D eigenvalue weighted by Gasteiger charge is -2.29. The van der Waals surface area contributed by atoms with E-state index in [1.807, 2.05) is 0 Å². The first kappa shape index (κ1) is 14.4. The van der Waals surface area contributed by atoms with Gasteiger partial charge in [0.25, 0.3) is 0 Å². The third-order valence-electron chi connectivity index (χ3n) is 2.75. The zero-order valence-electron chi connectivity index (χ0n) is 10.4. The fourth-order valence-electron chi connectivity index (χ4n) is 1.87. The quantitative estimate of drug-likeness (QED) is 0.799. The van der Waals surface area contributed by atoms with E-state index < -0.39 is 5.79 Å². The number of carbonyl (C=O) groups excluding carboxylic acids is 1. The van der Waals surface area contributed by atoms with Crippen LogP contribution in [-0.2, 0) is 14.3 Å². The van der Waals surface area contributed by atoms with Gasteiger partial charge in [0.2, 0.25) is 5.79 Å². The van der Waals surface area contributed by atoms with Crippen molar-refractivity contribution < 1.29 is 19.0 Å². The summed E-state index contributed by atoms with van der Waals surface area (Å²) in [6, 6.07) is 4.94. The van der Waals surface area contributed by atoms with Gasteiger partial charge in [-0.25, -0.2) is 0 Å². The highest BCUT2D eigenvalue weighted by Crippen LogP contribution is 2.35. The Balaban J connectivity index is 2.13. The molecule has 1 atom stereocenters. The van der Waals surface area contributed by atoms with Gasteiger partial charge >= 0.3 is 5.97 Å². The Kier molecular flexibility index (Phi) is 4.55. The molecule has 0 radical (unpaired) electrons. The number of carbonyl (C=O) groups is 1. The van der Waals surface area contributed by atoms with Crippen LogP contribution in [0.2, 0.25) is 10.0 Å². The smallest absolute Gasteiger partial charge is 0.302 e. The fraction of sp³-hybridized carbons (Fsp3) is 0.462. The highest BCUT2D eigenvalue weighted by atomic mass is 35.5. The van der Waals surface area contributed by atoms with Crippen molar-refractivity contribution in [1.29, 1.82) is 0 Å². The molecule has 1 aromatic carbocycles. The molecule has 0 aliphatic carbocycles. The maximum atomic E-state index is 10.9. The molecule has 0 amide bonds. The van der Waals surface area contributed by atoms with E-state index in [1.165, 1.54) is 6.92 Å². The van der Waals surface area contributed by atoms with Gasteiger partial charge < -0.3 is 14.2 Å². The lowest BCUT2D eigenvalue weighted by molar-refractivity contribution is -0.191. The molecular formula is C13H14Cl2O4. The van der Waals surface area contributed by atoms with Crippen LogP contribution in [0.1, 0.15) is 19.8 Å². The Bertz CT molecular complexity index is 470. The van der Waals surface area contributed by atoms with Gasteiger partial charge in [0, 0.05) is 18.4 Å². The summed E-state index contributed by atoms with van der Waals surface area (Å²) in [7, 11) is 0. The third-order valence-corrected chi connectivity index (χ3v) is 3.28. The molecule has 0 N–H and O–H groups in total. The van der Waals surface area contributed by atoms with Crippen LogP contribution in [-0.4, -0.2) is 25.0 Å². The fourth-order valence-corrected chi connectivity index (χ4v) is 2.31. The van der Waals surface area contributed by atoms with Crippen molar-refractivity contribution in [3.63, 3.8) is 0 Å². The number of ether oxygens (including phenoxy) is 3. The molecule has 1 unspecified atom stereocenters. The first-order valence-electron chi connectivity index (χ1n) is 5.92. The normalized spacial score (nSPS) is 22.3. The van der Waals surface area contributed by atoms with E-state index in [-0.39, 0.29) is 12.6 Å². The second-order valence-corrected chi connectivity index (χ2v) is 5.16. The van der Waals surface area contributed by atoms with Crippen molar-refractivity contribution in [3.8, 4) is 5.75 Å². The molecule has 1 aliphatic rings. The predicted octanol–water partition coefficient (Wildman–Crippen LogP) is 3.44. The summed E-state index contributed by atoms with van der Waals surface area (Å²) in [5.74, 6) is -0.871. The van der Waals surface area contributed by atoms with Crippen molar-refractivity contribution in [2.45, 2.75) is 25.6 Å². The Morgan fingerprint density at radius 1 is 1.47 bits per heavy atom. The first-order chi connectivity index (χ1) is 9.01. The van der Waals surface area contributed by atoms with Crippen molar-refractivity contribution in [3.05, 3.63) is 28.2 Å². The van der Waals surface area contributed by atoms with Gasteiger partial charge in [-0.15, -0.1) is 0 Å². The van der Waals surface area contributed by atoms with Crippen LogP contribution in [0.4, 0.5) is 0 Å². The number of rotatable bonds is 4. The summed E-state index contributed by atoms with van der Waals surface area (Å²) in [5, 5.41) is 0.920. The molecule has 0 aromatic heterocycles. The maximum absolute atomic E-state index is 10.9. The SMILES string of the molecule is CC(=O)OCC1(Oc2ccc(Cl)cc2Cl)CCCO1. The van der Waals surface area contributed by atoms with Crippen LogP contribution >= 0.6 is 23.2 Å². The largest absolute Gasteiger partial charge is 0.459 e. The molecule has 104 valence electrons. The van der Waals surface area contributed by atoms with E-state index >= 15 is 0 Å². The first-order valence-corrected chi connectivity index (χ1v) is 6.68. The molecule has 0 spiro atoms. The van der Waals surface area contributed by atoms with Gasteiger partial charge in [-0.3, -0.25) is 4.79 Å². The minimum absolute atomic E-state index is 0.0429. The zero-order chi connectivity index (χ0) is 13.9. The highest BCUT2D eigenvalue weighted by molar-refractivity contribution is 6.35. The van der Waals surface area contributed by atoms with Crippen LogP contribution in [0.5, 0.6) is 5.75 Å². The second kappa shape index (κ2) is 5.99. The van der Waals surface area contributed by atoms with E-state index in [2.05, 4.69) is 0 Å². The zero-order valence-corrected chi connectivity index (χ0v) is 12.0. The number of hydrogen-bond donors (Lipinski definition) is 0. The molecule has 1 fully saturated rings. The summed E-state index contributed by atoms with van der Waals surface area (Å²) in [6.07, 6.45) is 1.48. The monoisotopic (exact) mass is 304 g/mol. The third kappa shape index (κ3) is 3.75. The van der Waals surface area contributed by atoms with E-state index in [9.17, 15) is 4.79 Å². The van der Waals surface area contributed by atoms with Crippen LogP contribution in [0.15, 0.2) is 18.2 Å². The number of benzene rings is 1. The van der Waals surface area contributed by atoms with Crippen molar-refractivity contribution in [1.82, 2.24) is 0 Å². The molecule has 6 heteroatoms. The number of hydrogen-bond acceptors (Lipinski definition) is 4. The molecule has 0 bridgehead atoms. The molecule has 1 saturated heterocycles. The van der Waals surface area contributed by atoms with Crippen molar-refractivity contribution in [2.75, 3.05) is 13.2 Å². The second-order valence-electron chi connectivity index (χ2n) is 4.32. The summed E-state index contributed by atoms with van der Waals surface area (Å²) < 4.78 is 16.4. The molecular weight excluding hydrogens is 291 g/mol. The molecule has 19 heavy (non-hydrogen) atoms. The molecule has 2 rings (SSSR count).